The second-order valence-electron chi connectivity index (χ2n) is 14.0. The molecule has 0 atom stereocenters. The van der Waals surface area contributed by atoms with Crippen molar-refractivity contribution in [2.45, 2.75) is 0 Å². The highest BCUT2D eigenvalue weighted by Gasteiger charge is 2.18. The van der Waals surface area contributed by atoms with Crippen LogP contribution in [0.4, 0.5) is 5.69 Å². The summed E-state index contributed by atoms with van der Waals surface area (Å²) in [5, 5.41) is 17.1. The fraction of sp³-hybridized carbons (Fsp3) is 0. The number of aromatic nitrogens is 3. The lowest BCUT2D eigenvalue weighted by molar-refractivity contribution is 1.16. The van der Waals surface area contributed by atoms with Gasteiger partial charge < -0.3 is 13.7 Å². The van der Waals surface area contributed by atoms with Crippen molar-refractivity contribution in [2.75, 3.05) is 0 Å². The first kappa shape index (κ1) is 30.7. The molecule has 0 amide bonds. The van der Waals surface area contributed by atoms with Crippen LogP contribution in [0.25, 0.3) is 98.5 Å². The Morgan fingerprint density at radius 1 is 0.400 bits per heavy atom. The molecule has 0 saturated heterocycles. The van der Waals surface area contributed by atoms with Crippen molar-refractivity contribution >= 4 is 71.1 Å². The molecular formula is C50H29N5. The molecule has 8 aromatic carbocycles. The number of rotatable bonds is 4. The minimum absolute atomic E-state index is 0.596. The van der Waals surface area contributed by atoms with Crippen LogP contribution in [-0.2, 0) is 0 Å². The second-order valence-corrected chi connectivity index (χ2v) is 14.0. The van der Waals surface area contributed by atoms with Gasteiger partial charge in [0.1, 0.15) is 0 Å². The van der Waals surface area contributed by atoms with Crippen LogP contribution in [0.15, 0.2) is 176 Å². The van der Waals surface area contributed by atoms with Gasteiger partial charge in [0.25, 0.3) is 0 Å². The molecule has 0 radical (unpaired) electrons. The average molecular weight is 700 g/mol. The topological polar surface area (TPSA) is 42.9 Å². The van der Waals surface area contributed by atoms with Crippen molar-refractivity contribution in [2.24, 2.45) is 0 Å². The van der Waals surface area contributed by atoms with Crippen LogP contribution in [0.1, 0.15) is 5.56 Å². The zero-order chi connectivity index (χ0) is 36.6. The number of fused-ring (bicyclic) bond motifs is 9. The lowest BCUT2D eigenvalue weighted by Crippen LogP contribution is -1.97. The van der Waals surface area contributed by atoms with E-state index in [0.29, 0.717) is 11.3 Å². The summed E-state index contributed by atoms with van der Waals surface area (Å²) in [5.41, 5.74) is 12.8. The maximum absolute atomic E-state index is 10.3. The lowest BCUT2D eigenvalue weighted by atomic mass is 10.0. The lowest BCUT2D eigenvalue weighted by Gasteiger charge is -2.13. The third kappa shape index (κ3) is 4.51. The fourth-order valence-corrected chi connectivity index (χ4v) is 8.73. The average Bonchev–Trinajstić information content (AvgIpc) is 3.89. The van der Waals surface area contributed by atoms with Gasteiger partial charge in [0.05, 0.1) is 45.8 Å². The van der Waals surface area contributed by atoms with Gasteiger partial charge in [0.2, 0.25) is 0 Å². The van der Waals surface area contributed by atoms with E-state index in [4.69, 9.17) is 6.57 Å². The summed E-state index contributed by atoms with van der Waals surface area (Å²) in [6.45, 7) is 7.81. The molecule has 55 heavy (non-hydrogen) atoms. The van der Waals surface area contributed by atoms with Crippen molar-refractivity contribution in [3.63, 3.8) is 0 Å². The number of hydrogen-bond donors (Lipinski definition) is 0. The molecule has 0 spiro atoms. The van der Waals surface area contributed by atoms with E-state index >= 15 is 0 Å². The van der Waals surface area contributed by atoms with E-state index in [1.54, 1.807) is 0 Å². The van der Waals surface area contributed by atoms with Crippen LogP contribution in [0.2, 0.25) is 0 Å². The van der Waals surface area contributed by atoms with Gasteiger partial charge in [0, 0.05) is 49.5 Å². The molecule has 11 rings (SSSR count). The van der Waals surface area contributed by atoms with Gasteiger partial charge in [-0.15, -0.1) is 0 Å². The van der Waals surface area contributed by atoms with Gasteiger partial charge in [-0.2, -0.15) is 5.26 Å². The number of nitrogens with zero attached hydrogens (tertiary/aromatic N) is 5. The third-order valence-corrected chi connectivity index (χ3v) is 11.1. The van der Waals surface area contributed by atoms with Crippen LogP contribution >= 0.6 is 0 Å². The summed E-state index contributed by atoms with van der Waals surface area (Å²) in [6.07, 6.45) is 0. The van der Waals surface area contributed by atoms with E-state index in [-0.39, 0.29) is 0 Å². The number of para-hydroxylation sites is 4. The summed E-state index contributed by atoms with van der Waals surface area (Å²) in [4.78, 5) is 3.84. The van der Waals surface area contributed by atoms with Crippen molar-refractivity contribution in [1.82, 2.24) is 13.7 Å². The van der Waals surface area contributed by atoms with Crippen LogP contribution in [-0.4, -0.2) is 13.7 Å². The Labute approximate surface area is 316 Å². The van der Waals surface area contributed by atoms with E-state index in [9.17, 15) is 5.26 Å². The quantitative estimate of drug-likeness (QED) is 0.169. The second kappa shape index (κ2) is 11.8. The molecule has 254 valence electrons. The van der Waals surface area contributed by atoms with Gasteiger partial charge in [0.15, 0.2) is 5.69 Å². The SMILES string of the molecule is [C-]#[N+]c1cccc2c1c1ccccc1n2-c1ccc(-c2cc(C#N)cc(-n3c4ccccc4c4cc(-n5c6ccccc6c6ccccc65)ccc43)c2)cc1. The molecule has 0 N–H and O–H groups in total. The van der Waals surface area contributed by atoms with Crippen LogP contribution in [0.5, 0.6) is 0 Å². The Balaban J connectivity index is 1.06. The molecule has 0 aliphatic heterocycles. The van der Waals surface area contributed by atoms with Crippen LogP contribution < -0.4 is 0 Å². The van der Waals surface area contributed by atoms with E-state index in [2.05, 4.69) is 164 Å². The van der Waals surface area contributed by atoms with Gasteiger partial charge in [-0.05, 0) is 95.4 Å². The van der Waals surface area contributed by atoms with Gasteiger partial charge in [-0.3, -0.25) is 0 Å². The number of benzene rings is 8. The molecular weight excluding hydrogens is 671 g/mol. The highest BCUT2D eigenvalue weighted by atomic mass is 15.0. The Morgan fingerprint density at radius 3 is 1.55 bits per heavy atom. The zero-order valence-electron chi connectivity index (χ0n) is 29.5. The van der Waals surface area contributed by atoms with Crippen molar-refractivity contribution in [3.05, 3.63) is 193 Å². The molecule has 3 aromatic heterocycles. The Morgan fingerprint density at radius 2 is 0.909 bits per heavy atom. The minimum atomic E-state index is 0.596. The largest absolute Gasteiger partial charge is 0.311 e. The Bertz CT molecular complexity index is 3400. The van der Waals surface area contributed by atoms with Crippen LogP contribution in [0.3, 0.4) is 0 Å². The van der Waals surface area contributed by atoms with Crippen molar-refractivity contribution in [3.8, 4) is 34.3 Å². The minimum Gasteiger partial charge on any atom is -0.311 e. The smallest absolute Gasteiger partial charge is 0.197 e. The summed E-state index contributed by atoms with van der Waals surface area (Å²) in [6, 6.07) is 63.7. The summed E-state index contributed by atoms with van der Waals surface area (Å²) < 4.78 is 6.87. The number of nitriles is 1. The molecule has 5 heteroatoms. The van der Waals surface area contributed by atoms with Gasteiger partial charge >= 0.3 is 0 Å². The maximum atomic E-state index is 10.3. The van der Waals surface area contributed by atoms with E-state index in [1.165, 1.54) is 21.8 Å². The van der Waals surface area contributed by atoms with Crippen molar-refractivity contribution in [1.29, 1.82) is 5.26 Å². The highest BCUT2D eigenvalue weighted by Crippen LogP contribution is 2.40. The van der Waals surface area contributed by atoms with Gasteiger partial charge in [-0.1, -0.05) is 97.1 Å². The predicted octanol–water partition coefficient (Wildman–Crippen LogP) is 13.1. The Hall–Kier alpha value is -7.86. The molecule has 0 fully saturated rings. The monoisotopic (exact) mass is 699 g/mol. The standard InChI is InChI=1S/C50H29N5/c1-52-43-15-10-20-49-50(43)41-14-5-9-19-47(41)53(49)35-23-21-33(22-24-35)34-27-32(31-51)28-37(29-34)55-46-18-8-4-13-40(46)42-30-36(25-26-48(42)55)54-44-16-6-2-11-38(44)39-12-3-7-17-45(39)54/h2-30H. The fourth-order valence-electron chi connectivity index (χ4n) is 8.73. The van der Waals surface area contributed by atoms with Crippen molar-refractivity contribution < 1.29 is 0 Å². The molecule has 0 saturated carbocycles. The first-order chi connectivity index (χ1) is 27.2. The Kier molecular flexibility index (Phi) is 6.61. The maximum Gasteiger partial charge on any atom is 0.197 e. The number of hydrogen-bond acceptors (Lipinski definition) is 1. The molecule has 0 aliphatic carbocycles. The highest BCUT2D eigenvalue weighted by molar-refractivity contribution is 6.15. The zero-order valence-corrected chi connectivity index (χ0v) is 29.5. The third-order valence-electron chi connectivity index (χ3n) is 11.1. The van der Waals surface area contributed by atoms with Gasteiger partial charge in [-0.25, -0.2) is 4.85 Å². The molecule has 3 heterocycles. The predicted molar refractivity (Wildman–Crippen MR) is 226 cm³/mol. The van der Waals surface area contributed by atoms with Crippen LogP contribution in [0, 0.1) is 17.9 Å². The van der Waals surface area contributed by atoms with E-state index in [0.717, 1.165) is 71.8 Å². The molecule has 0 bridgehead atoms. The van der Waals surface area contributed by atoms with E-state index in [1.807, 2.05) is 36.4 Å². The summed E-state index contributed by atoms with van der Waals surface area (Å²) in [5.74, 6) is 0. The normalized spacial score (nSPS) is 11.6. The molecule has 5 nitrogen and oxygen atoms in total. The summed E-state index contributed by atoms with van der Waals surface area (Å²) in [7, 11) is 0. The summed E-state index contributed by atoms with van der Waals surface area (Å²) >= 11 is 0. The van der Waals surface area contributed by atoms with E-state index < -0.39 is 0 Å². The molecule has 11 aromatic rings. The molecule has 0 aliphatic rings. The first-order valence-electron chi connectivity index (χ1n) is 18.3. The first-order valence-corrected chi connectivity index (χ1v) is 18.3. The molecule has 0 unspecified atom stereocenters.